The largest absolute Gasteiger partial charge is 0.433 e. The van der Waals surface area contributed by atoms with E-state index in [2.05, 4.69) is 15.0 Å². The number of imidazole rings is 1. The van der Waals surface area contributed by atoms with Crippen molar-refractivity contribution in [3.63, 3.8) is 0 Å². The summed E-state index contributed by atoms with van der Waals surface area (Å²) in [6, 6.07) is 13.0. The molecule has 0 bridgehead atoms. The van der Waals surface area contributed by atoms with Gasteiger partial charge in [-0.1, -0.05) is 37.3 Å². The smallest absolute Gasteiger partial charge is 0.326 e. The van der Waals surface area contributed by atoms with Crippen LogP contribution in [0.4, 0.5) is 13.2 Å². The molecule has 4 aromatic rings. The summed E-state index contributed by atoms with van der Waals surface area (Å²) >= 11 is 0. The maximum atomic E-state index is 12.9. The minimum absolute atomic E-state index is 0.0390. The monoisotopic (exact) mass is 472 g/mol. The van der Waals surface area contributed by atoms with E-state index >= 15 is 0 Å². The van der Waals surface area contributed by atoms with Crippen LogP contribution in [-0.4, -0.2) is 33.7 Å². The molecule has 0 fully saturated rings. The summed E-state index contributed by atoms with van der Waals surface area (Å²) in [5.74, 6) is 0.150. The summed E-state index contributed by atoms with van der Waals surface area (Å²) in [7, 11) is -2.01. The van der Waals surface area contributed by atoms with Crippen LogP contribution in [0.5, 0.6) is 0 Å². The molecule has 170 valence electrons. The highest BCUT2D eigenvalue weighted by Crippen LogP contribution is 2.33. The van der Waals surface area contributed by atoms with Gasteiger partial charge in [0.05, 0.1) is 22.5 Å². The minimum Gasteiger partial charge on any atom is -0.326 e. The van der Waals surface area contributed by atoms with E-state index in [4.69, 9.17) is 0 Å². The number of pyridine rings is 2. The Morgan fingerprint density at radius 2 is 1.58 bits per heavy atom. The van der Waals surface area contributed by atoms with E-state index in [0.29, 0.717) is 16.8 Å². The SMILES string of the molecule is CCS(=O)(=O)c1cc(-c2ccccc2)cnc1-c1ncc(-c2ccc(C(F)(F)F)nc2)n1C. The standard InChI is InChI=1S/C23H19F3N4O2S/c1-3-33(31,32)19-11-17(15-7-5-4-6-8-15)13-28-21(19)22-29-14-18(30(22)2)16-9-10-20(27-12-16)23(24,25)26/h4-14H,3H2,1-2H3. The summed E-state index contributed by atoms with van der Waals surface area (Å²) in [5, 5.41) is 0. The Bertz CT molecular complexity index is 1400. The van der Waals surface area contributed by atoms with Gasteiger partial charge in [-0.3, -0.25) is 9.97 Å². The third-order valence-corrected chi connectivity index (χ3v) is 6.97. The Labute approximate surface area is 188 Å². The van der Waals surface area contributed by atoms with Gasteiger partial charge in [0.25, 0.3) is 0 Å². The predicted octanol–water partition coefficient (Wildman–Crippen LogP) is 5.02. The number of aromatic nitrogens is 4. The maximum Gasteiger partial charge on any atom is 0.433 e. The van der Waals surface area contributed by atoms with Gasteiger partial charge in [0.1, 0.15) is 11.4 Å². The molecular formula is C23H19F3N4O2S. The molecule has 0 saturated carbocycles. The molecule has 0 amide bonds. The lowest BCUT2D eigenvalue weighted by molar-refractivity contribution is -0.141. The van der Waals surface area contributed by atoms with Crippen molar-refractivity contribution in [1.29, 1.82) is 0 Å². The van der Waals surface area contributed by atoms with E-state index < -0.39 is 21.7 Å². The average Bonchev–Trinajstić information content (AvgIpc) is 3.20. The van der Waals surface area contributed by atoms with Crippen LogP contribution in [0.1, 0.15) is 12.6 Å². The van der Waals surface area contributed by atoms with Crippen LogP contribution in [0.2, 0.25) is 0 Å². The number of rotatable bonds is 5. The highest BCUT2D eigenvalue weighted by molar-refractivity contribution is 7.91. The van der Waals surface area contributed by atoms with Crippen molar-refractivity contribution in [2.45, 2.75) is 18.0 Å². The summed E-state index contributed by atoms with van der Waals surface area (Å²) in [5.41, 5.74) is 1.52. The van der Waals surface area contributed by atoms with E-state index in [1.807, 2.05) is 30.3 Å². The zero-order chi connectivity index (χ0) is 23.8. The summed E-state index contributed by atoms with van der Waals surface area (Å²) < 4.78 is 65.9. The average molecular weight is 472 g/mol. The molecule has 0 aliphatic carbocycles. The number of hydrogen-bond donors (Lipinski definition) is 0. The Kier molecular flexibility index (Phi) is 5.79. The van der Waals surface area contributed by atoms with Crippen LogP contribution >= 0.6 is 0 Å². The number of halogens is 3. The quantitative estimate of drug-likeness (QED) is 0.407. The molecule has 0 aliphatic heterocycles. The van der Waals surface area contributed by atoms with Crippen LogP contribution in [0, 0.1) is 0 Å². The van der Waals surface area contributed by atoms with Gasteiger partial charge in [-0.25, -0.2) is 13.4 Å². The zero-order valence-electron chi connectivity index (χ0n) is 17.7. The van der Waals surface area contributed by atoms with E-state index in [9.17, 15) is 21.6 Å². The van der Waals surface area contributed by atoms with Gasteiger partial charge in [0.2, 0.25) is 0 Å². The van der Waals surface area contributed by atoms with Crippen LogP contribution in [-0.2, 0) is 23.1 Å². The number of alkyl halides is 3. The van der Waals surface area contributed by atoms with Crippen molar-refractivity contribution in [2.24, 2.45) is 7.05 Å². The Morgan fingerprint density at radius 1 is 0.879 bits per heavy atom. The number of nitrogens with zero attached hydrogens (tertiary/aromatic N) is 4. The van der Waals surface area contributed by atoms with Gasteiger partial charge < -0.3 is 4.57 Å². The molecule has 0 atom stereocenters. The molecule has 33 heavy (non-hydrogen) atoms. The third kappa shape index (κ3) is 4.38. The Morgan fingerprint density at radius 3 is 2.18 bits per heavy atom. The molecule has 6 nitrogen and oxygen atoms in total. The van der Waals surface area contributed by atoms with Crippen molar-refractivity contribution >= 4 is 9.84 Å². The molecule has 3 aromatic heterocycles. The molecule has 3 heterocycles. The fraction of sp³-hybridized carbons (Fsp3) is 0.174. The highest BCUT2D eigenvalue weighted by Gasteiger charge is 2.32. The second-order valence-corrected chi connectivity index (χ2v) is 9.54. The van der Waals surface area contributed by atoms with Gasteiger partial charge in [-0.15, -0.1) is 0 Å². The van der Waals surface area contributed by atoms with Gasteiger partial charge >= 0.3 is 6.18 Å². The van der Waals surface area contributed by atoms with Gasteiger partial charge in [-0.2, -0.15) is 13.2 Å². The molecule has 0 N–H and O–H groups in total. The first kappa shape index (κ1) is 22.7. The van der Waals surface area contributed by atoms with Gasteiger partial charge in [0, 0.05) is 30.6 Å². The minimum atomic E-state index is -4.54. The molecule has 1 aromatic carbocycles. The molecule has 0 saturated heterocycles. The lowest BCUT2D eigenvalue weighted by Crippen LogP contribution is -2.09. The Hall–Kier alpha value is -3.53. The third-order valence-electron chi connectivity index (χ3n) is 5.22. The predicted molar refractivity (Wildman–Crippen MR) is 118 cm³/mol. The van der Waals surface area contributed by atoms with E-state index in [0.717, 1.165) is 17.8 Å². The Balaban J connectivity index is 1.82. The van der Waals surface area contributed by atoms with Crippen molar-refractivity contribution in [2.75, 3.05) is 5.75 Å². The first-order chi connectivity index (χ1) is 15.6. The van der Waals surface area contributed by atoms with E-state index in [-0.39, 0.29) is 22.2 Å². The number of hydrogen-bond acceptors (Lipinski definition) is 5. The van der Waals surface area contributed by atoms with Crippen LogP contribution in [0.15, 0.2) is 72.0 Å². The number of sulfone groups is 1. The molecule has 0 aliphatic rings. The van der Waals surface area contributed by atoms with Crippen molar-refractivity contribution in [3.8, 4) is 33.9 Å². The van der Waals surface area contributed by atoms with E-state index in [1.165, 1.54) is 12.3 Å². The highest BCUT2D eigenvalue weighted by atomic mass is 32.2. The lowest BCUT2D eigenvalue weighted by Gasteiger charge is -2.12. The molecule has 4 rings (SSSR count). The summed E-state index contributed by atoms with van der Waals surface area (Å²) in [6.45, 7) is 1.55. The van der Waals surface area contributed by atoms with Gasteiger partial charge in [-0.05, 0) is 23.8 Å². The lowest BCUT2D eigenvalue weighted by atomic mass is 10.1. The van der Waals surface area contributed by atoms with Crippen molar-refractivity contribution in [3.05, 3.63) is 72.8 Å². The first-order valence-corrected chi connectivity index (χ1v) is 11.6. The molecule has 10 heteroatoms. The van der Waals surface area contributed by atoms with Crippen LogP contribution in [0.25, 0.3) is 33.9 Å². The van der Waals surface area contributed by atoms with Crippen LogP contribution < -0.4 is 0 Å². The molecule has 0 radical (unpaired) electrons. The topological polar surface area (TPSA) is 77.7 Å². The molecular weight excluding hydrogens is 453 g/mol. The maximum absolute atomic E-state index is 12.9. The molecule has 0 spiro atoms. The fourth-order valence-corrected chi connectivity index (χ4v) is 4.46. The first-order valence-electron chi connectivity index (χ1n) is 9.95. The zero-order valence-corrected chi connectivity index (χ0v) is 18.5. The van der Waals surface area contributed by atoms with E-state index in [1.54, 1.807) is 30.8 Å². The molecule has 0 unspecified atom stereocenters. The van der Waals surface area contributed by atoms with Crippen molar-refractivity contribution in [1.82, 2.24) is 19.5 Å². The summed E-state index contributed by atoms with van der Waals surface area (Å²) in [4.78, 5) is 12.3. The van der Waals surface area contributed by atoms with Crippen LogP contribution in [0.3, 0.4) is 0 Å². The second kappa shape index (κ2) is 8.43. The normalized spacial score (nSPS) is 12.2. The second-order valence-electron chi connectivity index (χ2n) is 7.30. The number of benzene rings is 1. The summed E-state index contributed by atoms with van der Waals surface area (Å²) in [6.07, 6.45) is -0.397. The van der Waals surface area contributed by atoms with Gasteiger partial charge in [0.15, 0.2) is 15.7 Å². The van der Waals surface area contributed by atoms with Crippen molar-refractivity contribution < 1.29 is 21.6 Å². The fourth-order valence-electron chi connectivity index (χ4n) is 3.40.